The molecule has 0 heterocycles. The molecule has 0 amide bonds. The maximum atomic E-state index is 13.5. The van der Waals surface area contributed by atoms with Gasteiger partial charge in [-0.2, -0.15) is 0 Å². The van der Waals surface area contributed by atoms with Gasteiger partial charge in [-0.1, -0.05) is 65.2 Å². The van der Waals surface area contributed by atoms with Crippen molar-refractivity contribution in [2.45, 2.75) is 114 Å². The number of rotatable bonds is 14. The minimum absolute atomic E-state index is 0.0287. The van der Waals surface area contributed by atoms with Crippen molar-refractivity contribution in [1.29, 1.82) is 0 Å². The predicted molar refractivity (Wildman–Crippen MR) is 126 cm³/mol. The smallest absolute Gasteiger partial charge is 0.501 e. The highest BCUT2D eigenvalue weighted by Gasteiger charge is 2.54. The molecule has 30 heavy (non-hydrogen) atoms. The fourth-order valence-corrected chi connectivity index (χ4v) is 13.8. The largest absolute Gasteiger partial charge is 0.518 e. The summed E-state index contributed by atoms with van der Waals surface area (Å²) in [7, 11) is -0.134. The molecule has 0 aromatic carbocycles. The van der Waals surface area contributed by atoms with Crippen LogP contribution in [0.15, 0.2) is 0 Å². The molecule has 5 nitrogen and oxygen atoms in total. The van der Waals surface area contributed by atoms with Gasteiger partial charge in [-0.3, -0.25) is 4.79 Å². The summed E-state index contributed by atoms with van der Waals surface area (Å²) in [6, 6.07) is 1.65. The maximum Gasteiger partial charge on any atom is 0.501 e. The van der Waals surface area contributed by atoms with Gasteiger partial charge in [0.1, 0.15) is 0 Å². The predicted octanol–water partition coefficient (Wildman–Crippen LogP) is 6.46. The fraction of sp³-hybridized carbons (Fsp3) is 0.957. The second-order valence-corrected chi connectivity index (χ2v) is 16.8. The monoisotopic (exact) mass is 458 g/mol. The van der Waals surface area contributed by atoms with Crippen molar-refractivity contribution in [1.82, 2.24) is 0 Å². The molecule has 2 aliphatic carbocycles. The molecule has 176 valence electrons. The zero-order valence-electron chi connectivity index (χ0n) is 20.2. The van der Waals surface area contributed by atoms with E-state index < -0.39 is 17.1 Å². The maximum absolute atomic E-state index is 13.5. The van der Waals surface area contributed by atoms with Crippen LogP contribution < -0.4 is 0 Å². The van der Waals surface area contributed by atoms with Crippen LogP contribution in [-0.4, -0.2) is 44.4 Å². The lowest BCUT2D eigenvalue weighted by molar-refractivity contribution is -0.139. The molecule has 2 aliphatic rings. The zero-order valence-corrected chi connectivity index (χ0v) is 22.2. The summed E-state index contributed by atoms with van der Waals surface area (Å²) in [6.07, 6.45) is 15.3. The van der Waals surface area contributed by atoms with Gasteiger partial charge in [0.05, 0.1) is 5.92 Å². The Hall–Kier alpha value is -0.216. The fourth-order valence-electron chi connectivity index (χ4n) is 5.86. The second-order valence-electron chi connectivity index (χ2n) is 9.55. The van der Waals surface area contributed by atoms with E-state index in [1.54, 1.807) is 21.3 Å². The van der Waals surface area contributed by atoms with Gasteiger partial charge in [0.25, 0.3) is 14.3 Å². The molecule has 7 heteroatoms. The third-order valence-corrected chi connectivity index (χ3v) is 16.3. The molecule has 1 unspecified atom stereocenters. The lowest BCUT2D eigenvalue weighted by Crippen LogP contribution is -2.50. The number of hydrogen-bond donors (Lipinski definition) is 0. The quantitative estimate of drug-likeness (QED) is 0.221. The molecule has 2 saturated carbocycles. The van der Waals surface area contributed by atoms with Crippen LogP contribution in [0.5, 0.6) is 0 Å². The average molecular weight is 459 g/mol. The van der Waals surface area contributed by atoms with E-state index in [1.165, 1.54) is 83.1 Å². The summed E-state index contributed by atoms with van der Waals surface area (Å²) in [6.45, 7) is 4.22. The van der Waals surface area contributed by atoms with Gasteiger partial charge in [0.15, 0.2) is 0 Å². The van der Waals surface area contributed by atoms with Crippen LogP contribution in [0.25, 0.3) is 0 Å². The molecule has 0 aliphatic heterocycles. The highest BCUT2D eigenvalue weighted by atomic mass is 28.4. The molecule has 1 atom stereocenters. The van der Waals surface area contributed by atoms with E-state index in [-0.39, 0.29) is 11.9 Å². The van der Waals surface area contributed by atoms with Crippen molar-refractivity contribution < 1.29 is 22.5 Å². The Kier molecular flexibility index (Phi) is 11.0. The minimum atomic E-state index is -2.80. The van der Waals surface area contributed by atoms with Gasteiger partial charge in [0.2, 0.25) is 0 Å². The molecule has 0 bridgehead atoms. The number of unbranched alkanes of at least 4 members (excludes halogenated alkanes) is 3. The Bertz CT molecular complexity index is 476. The summed E-state index contributed by atoms with van der Waals surface area (Å²) >= 11 is 0. The summed E-state index contributed by atoms with van der Waals surface area (Å²) in [5, 5.41) is 0. The van der Waals surface area contributed by atoms with Crippen molar-refractivity contribution in [3.63, 3.8) is 0 Å². The van der Waals surface area contributed by atoms with Crippen LogP contribution in [0.4, 0.5) is 0 Å². The van der Waals surface area contributed by atoms with E-state index in [0.29, 0.717) is 17.1 Å². The first-order valence-electron chi connectivity index (χ1n) is 12.3. The topological polar surface area (TPSA) is 54.0 Å². The average Bonchev–Trinajstić information content (AvgIpc) is 3.49. The van der Waals surface area contributed by atoms with Crippen LogP contribution in [0, 0.1) is 5.92 Å². The van der Waals surface area contributed by atoms with E-state index in [9.17, 15) is 4.79 Å². The van der Waals surface area contributed by atoms with Crippen LogP contribution in [0.1, 0.15) is 90.9 Å². The Morgan fingerprint density at radius 1 is 0.867 bits per heavy atom. The molecule has 0 radical (unpaired) electrons. The summed E-state index contributed by atoms with van der Waals surface area (Å²) in [5.41, 5.74) is 1.32. The van der Waals surface area contributed by atoms with Crippen molar-refractivity contribution in [2.24, 2.45) is 5.92 Å². The van der Waals surface area contributed by atoms with E-state index in [2.05, 4.69) is 6.92 Å². The van der Waals surface area contributed by atoms with Crippen LogP contribution in [-0.2, 0) is 22.5 Å². The first-order chi connectivity index (χ1) is 14.5. The molecule has 0 saturated heterocycles. The lowest BCUT2D eigenvalue weighted by atomic mass is 10.2. The Balaban J connectivity index is 2.20. The van der Waals surface area contributed by atoms with E-state index in [1.807, 2.05) is 6.92 Å². The van der Waals surface area contributed by atoms with Crippen molar-refractivity contribution in [3.05, 3.63) is 0 Å². The molecule has 2 rings (SSSR count). The van der Waals surface area contributed by atoms with Gasteiger partial charge >= 0.3 is 8.80 Å². The molecule has 0 aromatic heterocycles. The first-order valence-corrected chi connectivity index (χ1v) is 16.6. The van der Waals surface area contributed by atoms with Crippen LogP contribution >= 0.6 is 0 Å². The summed E-state index contributed by atoms with van der Waals surface area (Å²) < 4.78 is 23.5. The van der Waals surface area contributed by atoms with Gasteiger partial charge < -0.3 is 17.7 Å². The first kappa shape index (κ1) is 26.0. The van der Waals surface area contributed by atoms with Gasteiger partial charge in [-0.15, -0.1) is 0 Å². The summed E-state index contributed by atoms with van der Waals surface area (Å²) in [4.78, 5) is 13.5. The number of carbonyl (C=O) groups is 1. The molecule has 2 fully saturated rings. The molecule has 0 spiro atoms. The Morgan fingerprint density at radius 3 is 1.80 bits per heavy atom. The normalized spacial score (nSPS) is 20.0. The van der Waals surface area contributed by atoms with Crippen molar-refractivity contribution in [3.8, 4) is 0 Å². The highest BCUT2D eigenvalue weighted by Crippen LogP contribution is 2.53. The second kappa shape index (κ2) is 12.7. The molecule has 0 N–H and O–H groups in total. The zero-order chi connectivity index (χ0) is 22.0. The van der Waals surface area contributed by atoms with Gasteiger partial charge in [-0.05, 0) is 42.8 Å². The van der Waals surface area contributed by atoms with E-state index >= 15 is 0 Å². The molecular formula is C23H46O5Si2. The Morgan fingerprint density at radius 2 is 1.37 bits per heavy atom. The third-order valence-electron chi connectivity index (χ3n) is 7.70. The highest BCUT2D eigenvalue weighted by molar-refractivity contribution is 6.78. The third kappa shape index (κ3) is 6.40. The Labute approximate surface area is 187 Å². The standard InChI is InChI=1S/C23H46O5Si2/c1-6-7-8-13-18-29(21-14-9-10-15-21,22-16-11-12-17-22)28-23(24)20(2)19-30(25-3,26-4)27-5/h20-22H,6-19H2,1-5H3. The summed E-state index contributed by atoms with van der Waals surface area (Å²) in [5.74, 6) is -0.291. The molecule has 0 aromatic rings. The lowest BCUT2D eigenvalue weighted by Gasteiger charge is -2.42. The van der Waals surface area contributed by atoms with Crippen molar-refractivity contribution in [2.75, 3.05) is 21.3 Å². The van der Waals surface area contributed by atoms with E-state index in [0.717, 1.165) is 0 Å². The molecular weight excluding hydrogens is 412 g/mol. The van der Waals surface area contributed by atoms with Gasteiger partial charge in [-0.25, -0.2) is 0 Å². The van der Waals surface area contributed by atoms with Crippen molar-refractivity contribution >= 4 is 23.1 Å². The minimum Gasteiger partial charge on any atom is -0.518 e. The van der Waals surface area contributed by atoms with Gasteiger partial charge in [0, 0.05) is 27.4 Å². The van der Waals surface area contributed by atoms with E-state index in [4.69, 9.17) is 17.7 Å². The number of hydrogen-bond acceptors (Lipinski definition) is 5. The SMILES string of the molecule is CCCCCC[Si](OC(=O)C(C)C[Si](OC)(OC)OC)(C1CCCC1)C1CCCC1. The van der Waals surface area contributed by atoms with Crippen LogP contribution in [0.3, 0.4) is 0 Å². The van der Waals surface area contributed by atoms with Crippen LogP contribution in [0.2, 0.25) is 23.2 Å². The number of carbonyl (C=O) groups excluding carboxylic acids is 1.